The van der Waals surface area contributed by atoms with Crippen LogP contribution in [0.5, 0.6) is 0 Å². The Kier molecular flexibility index (Phi) is 10.6. The van der Waals surface area contributed by atoms with E-state index in [-0.39, 0.29) is 0 Å². The number of nitrogens with zero attached hydrogens (tertiary/aromatic N) is 3. The normalized spacial score (nSPS) is 13.3. The first-order valence-electron chi connectivity index (χ1n) is 15.8. The van der Waals surface area contributed by atoms with Gasteiger partial charge in [-0.15, -0.1) is 10.2 Å². The predicted octanol–water partition coefficient (Wildman–Crippen LogP) is 4.54. The number of hydrogen-bond donors (Lipinski definition) is 0. The van der Waals surface area contributed by atoms with Crippen LogP contribution in [0, 0.1) is 51.8 Å². The Bertz CT molecular complexity index is 1930. The summed E-state index contributed by atoms with van der Waals surface area (Å²) in [6.45, 7) is 14.7. The monoisotopic (exact) mass is 661 g/mol. The van der Waals surface area contributed by atoms with Gasteiger partial charge in [0.15, 0.2) is 0 Å². The zero-order valence-corrected chi connectivity index (χ0v) is 28.9. The van der Waals surface area contributed by atoms with Crippen LogP contribution in [0.1, 0.15) is 55.6 Å². The number of rotatable bonds is 6. The number of benzene rings is 5. The van der Waals surface area contributed by atoms with Gasteiger partial charge in [-0.3, -0.25) is 0 Å². The van der Waals surface area contributed by atoms with Crippen LogP contribution < -0.4 is 23.5 Å². The lowest BCUT2D eigenvalue weighted by molar-refractivity contribution is -2.00. The molecule has 0 atom stereocenters. The lowest BCUT2D eigenvalue weighted by Gasteiger charge is -2.26. The summed E-state index contributed by atoms with van der Waals surface area (Å²) in [6.07, 6.45) is 0. The van der Waals surface area contributed by atoms with Gasteiger partial charge in [-0.1, -0.05) is 108 Å². The summed E-state index contributed by atoms with van der Waals surface area (Å²) in [5.74, 6) is 1.98. The molecule has 0 spiro atoms. The Labute approximate surface area is 285 Å². The van der Waals surface area contributed by atoms with Crippen molar-refractivity contribution in [3.05, 3.63) is 165 Å². The van der Waals surface area contributed by atoms with Crippen molar-refractivity contribution in [1.82, 2.24) is 0 Å². The van der Waals surface area contributed by atoms with E-state index in [1.807, 2.05) is 0 Å². The largest absolute Gasteiger partial charge is 0.334 e. The fourth-order valence-electron chi connectivity index (χ4n) is 6.75. The van der Waals surface area contributed by atoms with Gasteiger partial charge in [0.2, 0.25) is 0 Å². The highest BCUT2D eigenvalue weighted by Crippen LogP contribution is 2.35. The number of fused-ring (bicyclic) bond motifs is 1. The molecule has 0 fully saturated rings. The number of halogens is 1. The Morgan fingerprint density at radius 2 is 1.02 bits per heavy atom. The van der Waals surface area contributed by atoms with Gasteiger partial charge in [0, 0.05) is 0 Å². The maximum absolute atomic E-state index is 8.49. The molecule has 0 saturated carbocycles. The van der Waals surface area contributed by atoms with E-state index < -0.39 is 10.2 Å². The summed E-state index contributed by atoms with van der Waals surface area (Å²) in [6, 6.07) is 39.3. The second kappa shape index (κ2) is 14.6. The van der Waals surface area contributed by atoms with Crippen molar-refractivity contribution in [2.75, 3.05) is 4.90 Å². The SMILES string of the molecule is Cc1cc(C)c(N(Cc2ccccc2)C2=NC(=[N+](Cc3ccccc3)c3c(C)cc(C)cc3C)c3ccccc32)c(C)c1.[O-][Cl+3]([O-])([O-])[O-]. The van der Waals surface area contributed by atoms with Crippen LogP contribution in [-0.2, 0) is 13.1 Å². The second-order valence-electron chi connectivity index (χ2n) is 12.3. The predicted molar refractivity (Wildman–Crippen MR) is 181 cm³/mol. The molecule has 1 heterocycles. The van der Waals surface area contributed by atoms with Gasteiger partial charge in [-0.25, -0.2) is 23.2 Å². The van der Waals surface area contributed by atoms with Gasteiger partial charge in [0.25, 0.3) is 5.84 Å². The second-order valence-corrected chi connectivity index (χ2v) is 13.1. The lowest BCUT2D eigenvalue weighted by atomic mass is 10.0. The van der Waals surface area contributed by atoms with Crippen molar-refractivity contribution in [2.45, 2.75) is 54.6 Å². The van der Waals surface area contributed by atoms with E-state index in [1.54, 1.807) is 0 Å². The molecule has 0 radical (unpaired) electrons. The highest BCUT2D eigenvalue weighted by molar-refractivity contribution is 6.26. The van der Waals surface area contributed by atoms with Crippen LogP contribution in [-0.4, -0.2) is 16.2 Å². The topological polar surface area (TPSA) is 111 Å². The van der Waals surface area contributed by atoms with E-state index in [0.717, 1.165) is 35.9 Å². The summed E-state index contributed by atoms with van der Waals surface area (Å²) in [5.41, 5.74) is 14.9. The smallest absolute Gasteiger partial charge is 0.300 e. The van der Waals surface area contributed by atoms with E-state index >= 15 is 0 Å². The molecule has 0 unspecified atom stereocenters. The summed E-state index contributed by atoms with van der Waals surface area (Å²) in [5, 5.41) is 0. The van der Waals surface area contributed by atoms with Crippen molar-refractivity contribution in [1.29, 1.82) is 0 Å². The van der Waals surface area contributed by atoms with E-state index in [2.05, 4.69) is 160 Å². The van der Waals surface area contributed by atoms with E-state index in [9.17, 15) is 0 Å². The molecule has 5 aromatic rings. The molecular formula is C40H40ClN3O4. The minimum Gasteiger partial charge on any atom is -0.300 e. The van der Waals surface area contributed by atoms with Gasteiger partial charge in [0.1, 0.15) is 12.2 Å². The summed E-state index contributed by atoms with van der Waals surface area (Å²) >= 11 is 0. The van der Waals surface area contributed by atoms with Gasteiger partial charge < -0.3 is 4.90 Å². The summed E-state index contributed by atoms with van der Waals surface area (Å²) in [7, 11) is -4.94. The molecule has 48 heavy (non-hydrogen) atoms. The van der Waals surface area contributed by atoms with E-state index in [0.29, 0.717) is 0 Å². The number of aliphatic imine (C=N–C) groups is 1. The van der Waals surface area contributed by atoms with Crippen LogP contribution in [0.3, 0.4) is 0 Å². The van der Waals surface area contributed by atoms with Crippen LogP contribution in [0.25, 0.3) is 0 Å². The summed E-state index contributed by atoms with van der Waals surface area (Å²) < 4.78 is 36.4. The highest BCUT2D eigenvalue weighted by Gasteiger charge is 2.37. The molecule has 5 aromatic carbocycles. The number of anilines is 1. The lowest BCUT2D eigenvalue weighted by Crippen LogP contribution is -2.68. The maximum Gasteiger partial charge on any atom is 0.334 e. The first kappa shape index (κ1) is 34.7. The quantitative estimate of drug-likeness (QED) is 0.248. The standard InChI is InChI=1S/C40H40N3.ClHO4/c1-27-21-29(3)37(30(4)22-27)42(25-33-15-9-7-10-16-33)39-35-19-13-14-20-36(35)40(41-39)43(26-34-17-11-8-12-18-34)38-31(5)23-28(2)24-32(38)6;2-1(3,4)5/h7-24H,25-26H2,1-6H3;(H,2,3,4,5)/q+1;/p-1. The van der Waals surface area contributed by atoms with Crippen molar-refractivity contribution >= 4 is 23.0 Å². The Hall–Kier alpha value is -4.63. The van der Waals surface area contributed by atoms with E-state index in [1.165, 1.54) is 55.9 Å². The van der Waals surface area contributed by atoms with Crippen molar-refractivity contribution in [2.24, 2.45) is 4.99 Å². The maximum atomic E-state index is 8.49. The van der Waals surface area contributed by atoms with Crippen molar-refractivity contribution < 1.29 is 33.5 Å². The zero-order valence-electron chi connectivity index (χ0n) is 28.2. The van der Waals surface area contributed by atoms with Gasteiger partial charge in [-0.05, 0) is 92.0 Å². The molecule has 6 rings (SSSR count). The average Bonchev–Trinajstić information content (AvgIpc) is 3.39. The Morgan fingerprint density at radius 3 is 1.54 bits per heavy atom. The van der Waals surface area contributed by atoms with Gasteiger partial charge >= 0.3 is 5.84 Å². The number of hydrogen-bond acceptors (Lipinski definition) is 5. The molecule has 0 N–H and O–H groups in total. The van der Waals surface area contributed by atoms with Gasteiger partial charge in [0.05, 0.1) is 23.4 Å². The van der Waals surface area contributed by atoms with Gasteiger partial charge in [-0.2, -0.15) is 0 Å². The fraction of sp³-hybridized carbons (Fsp3) is 0.200. The molecule has 1 aliphatic rings. The van der Waals surface area contributed by atoms with Crippen LogP contribution in [0.4, 0.5) is 11.4 Å². The average molecular weight is 662 g/mol. The summed E-state index contributed by atoms with van der Waals surface area (Å²) in [4.78, 5) is 8.03. The first-order valence-corrected chi connectivity index (χ1v) is 17.0. The molecular weight excluding hydrogens is 622 g/mol. The molecule has 0 amide bonds. The fourth-order valence-corrected chi connectivity index (χ4v) is 6.75. The van der Waals surface area contributed by atoms with Crippen LogP contribution in [0.15, 0.2) is 114 Å². The molecule has 1 aliphatic heterocycles. The van der Waals surface area contributed by atoms with Crippen LogP contribution >= 0.6 is 0 Å². The molecule has 0 saturated heterocycles. The Balaban J connectivity index is 0.000000840. The molecule has 7 nitrogen and oxygen atoms in total. The minimum atomic E-state index is -4.94. The Morgan fingerprint density at radius 1 is 0.583 bits per heavy atom. The highest BCUT2D eigenvalue weighted by atomic mass is 35.7. The van der Waals surface area contributed by atoms with Crippen molar-refractivity contribution in [3.63, 3.8) is 0 Å². The first-order chi connectivity index (χ1) is 22.8. The third-order valence-electron chi connectivity index (χ3n) is 8.31. The molecule has 0 bridgehead atoms. The minimum absolute atomic E-state index is 0.729. The number of aryl methyl sites for hydroxylation is 6. The molecule has 8 heteroatoms. The zero-order chi connectivity index (χ0) is 34.6. The third-order valence-corrected chi connectivity index (χ3v) is 8.31. The molecule has 0 aromatic heterocycles. The van der Waals surface area contributed by atoms with Crippen LogP contribution in [0.2, 0.25) is 0 Å². The number of amidine groups is 2. The molecule has 0 aliphatic carbocycles. The van der Waals surface area contributed by atoms with Crippen molar-refractivity contribution in [3.8, 4) is 0 Å². The van der Waals surface area contributed by atoms with E-state index in [4.69, 9.17) is 23.6 Å². The third kappa shape index (κ3) is 8.26. The molecule has 246 valence electrons.